The van der Waals surface area contributed by atoms with Crippen molar-refractivity contribution in [1.82, 2.24) is 0 Å². The standard InChI is InChI=1S/C39H52O8/c1-6-9-11-16-35(25-29(4)40)46-37(41)26-33(8-3)45-39(43)28-36(24-22-31-14-12-10-13-15-31)47-38(42)27-34(44-5)23-21-32-19-17-30(7-2)18-20-32/h7,9-15,17-20,33-36H,2,6,8,16,21-28H2,1,3-5H3. The number of allylic oxidation sites excluding steroid dienone is 1. The number of rotatable bonds is 23. The van der Waals surface area contributed by atoms with Crippen LogP contribution in [0.25, 0.3) is 6.08 Å². The molecule has 0 spiro atoms. The number of ketones is 1. The van der Waals surface area contributed by atoms with Gasteiger partial charge in [-0.05, 0) is 62.1 Å². The van der Waals surface area contributed by atoms with E-state index in [0.717, 1.165) is 29.5 Å². The van der Waals surface area contributed by atoms with Gasteiger partial charge in [0, 0.05) is 20.0 Å². The summed E-state index contributed by atoms with van der Waals surface area (Å²) < 4.78 is 22.6. The van der Waals surface area contributed by atoms with E-state index in [1.807, 2.05) is 80.6 Å². The zero-order valence-corrected chi connectivity index (χ0v) is 28.5. The van der Waals surface area contributed by atoms with Crippen LogP contribution in [-0.4, -0.2) is 55.2 Å². The van der Waals surface area contributed by atoms with Gasteiger partial charge in [-0.25, -0.2) is 0 Å². The first-order valence-electron chi connectivity index (χ1n) is 16.7. The van der Waals surface area contributed by atoms with Gasteiger partial charge in [-0.15, -0.1) is 0 Å². The number of aryl methyl sites for hydroxylation is 2. The van der Waals surface area contributed by atoms with Crippen LogP contribution < -0.4 is 0 Å². The molecule has 0 saturated carbocycles. The summed E-state index contributed by atoms with van der Waals surface area (Å²) in [5.74, 6) is -1.62. The minimum Gasteiger partial charge on any atom is -0.462 e. The number of ether oxygens (including phenoxy) is 4. The number of Topliss-reactive ketones (excluding diaryl/α,β-unsaturated/α-hetero) is 1. The number of methoxy groups -OCH3 is 1. The van der Waals surface area contributed by atoms with Gasteiger partial charge in [0.05, 0.1) is 25.4 Å². The molecule has 0 aliphatic carbocycles. The smallest absolute Gasteiger partial charge is 0.309 e. The van der Waals surface area contributed by atoms with Gasteiger partial charge >= 0.3 is 17.9 Å². The third kappa shape index (κ3) is 16.9. The molecule has 8 heteroatoms. The van der Waals surface area contributed by atoms with Crippen LogP contribution in [0.3, 0.4) is 0 Å². The molecule has 0 bridgehead atoms. The minimum absolute atomic E-state index is 0.0520. The maximum Gasteiger partial charge on any atom is 0.309 e. The first-order valence-corrected chi connectivity index (χ1v) is 16.7. The molecule has 0 aromatic heterocycles. The Kier molecular flexibility index (Phi) is 18.7. The number of hydrogen-bond acceptors (Lipinski definition) is 8. The molecule has 0 saturated heterocycles. The highest BCUT2D eigenvalue weighted by Gasteiger charge is 2.26. The summed E-state index contributed by atoms with van der Waals surface area (Å²) in [6.07, 6.45) is 7.29. The summed E-state index contributed by atoms with van der Waals surface area (Å²) in [6.45, 7) is 9.05. The van der Waals surface area contributed by atoms with Crippen molar-refractivity contribution in [2.75, 3.05) is 7.11 Å². The molecule has 0 N–H and O–H groups in total. The van der Waals surface area contributed by atoms with Crippen molar-refractivity contribution in [1.29, 1.82) is 0 Å². The Labute approximate surface area is 280 Å². The SMILES string of the molecule is C=Cc1ccc(CCC(CC(=O)OC(CCc2ccccc2)CC(=O)OC(CC)CC(=O)OC(CC=CCC)CC(C)=O)OC)cc1. The Morgan fingerprint density at radius 1 is 0.681 bits per heavy atom. The first-order chi connectivity index (χ1) is 22.6. The van der Waals surface area contributed by atoms with E-state index < -0.39 is 36.2 Å². The number of carbonyl (C=O) groups is 4. The quantitative estimate of drug-likeness (QED) is 0.0691. The summed E-state index contributed by atoms with van der Waals surface area (Å²) in [7, 11) is 1.57. The van der Waals surface area contributed by atoms with E-state index in [9.17, 15) is 19.2 Å². The molecule has 0 aliphatic rings. The first kappa shape index (κ1) is 39.1. The molecule has 2 aromatic rings. The maximum absolute atomic E-state index is 13.1. The van der Waals surface area contributed by atoms with Crippen molar-refractivity contribution in [3.05, 3.63) is 90.0 Å². The lowest BCUT2D eigenvalue weighted by Crippen LogP contribution is -2.29. The summed E-state index contributed by atoms with van der Waals surface area (Å²) >= 11 is 0. The van der Waals surface area contributed by atoms with E-state index in [1.54, 1.807) is 13.2 Å². The third-order valence-electron chi connectivity index (χ3n) is 7.75. The maximum atomic E-state index is 13.1. The number of hydrogen-bond donors (Lipinski definition) is 0. The Balaban J connectivity index is 1.98. The van der Waals surface area contributed by atoms with Crippen molar-refractivity contribution < 1.29 is 38.1 Å². The van der Waals surface area contributed by atoms with E-state index in [-0.39, 0.29) is 37.6 Å². The second-order valence-corrected chi connectivity index (χ2v) is 11.7. The van der Waals surface area contributed by atoms with E-state index in [4.69, 9.17) is 18.9 Å². The summed E-state index contributed by atoms with van der Waals surface area (Å²) in [5.41, 5.74) is 3.23. The monoisotopic (exact) mass is 648 g/mol. The van der Waals surface area contributed by atoms with Crippen molar-refractivity contribution in [2.45, 2.75) is 116 Å². The molecule has 2 aromatic carbocycles. The minimum atomic E-state index is -0.714. The summed E-state index contributed by atoms with van der Waals surface area (Å²) in [5, 5.41) is 0. The Morgan fingerprint density at radius 2 is 1.21 bits per heavy atom. The van der Waals surface area contributed by atoms with Crippen LogP contribution in [0.4, 0.5) is 0 Å². The lowest BCUT2D eigenvalue weighted by molar-refractivity contribution is -0.162. The van der Waals surface area contributed by atoms with Gasteiger partial charge in [-0.2, -0.15) is 0 Å². The van der Waals surface area contributed by atoms with Crippen molar-refractivity contribution >= 4 is 29.8 Å². The fourth-order valence-electron chi connectivity index (χ4n) is 5.06. The molecule has 256 valence electrons. The zero-order chi connectivity index (χ0) is 34.4. The lowest BCUT2D eigenvalue weighted by atomic mass is 10.0. The number of carbonyl (C=O) groups excluding carboxylic acids is 4. The molecule has 0 radical (unpaired) electrons. The van der Waals surface area contributed by atoms with Crippen LogP contribution in [0.5, 0.6) is 0 Å². The lowest BCUT2D eigenvalue weighted by Gasteiger charge is -2.22. The van der Waals surface area contributed by atoms with E-state index in [2.05, 4.69) is 6.58 Å². The molecule has 8 nitrogen and oxygen atoms in total. The van der Waals surface area contributed by atoms with Crippen LogP contribution in [0.1, 0.15) is 95.2 Å². The van der Waals surface area contributed by atoms with Gasteiger partial charge in [-0.1, -0.05) is 93.3 Å². The topological polar surface area (TPSA) is 105 Å². The normalized spacial score (nSPS) is 13.7. The van der Waals surface area contributed by atoms with Crippen molar-refractivity contribution in [3.8, 4) is 0 Å². The van der Waals surface area contributed by atoms with Crippen LogP contribution >= 0.6 is 0 Å². The average molecular weight is 649 g/mol. The molecule has 0 fully saturated rings. The van der Waals surface area contributed by atoms with Gasteiger partial charge in [-0.3, -0.25) is 19.2 Å². The molecule has 2 rings (SSSR count). The van der Waals surface area contributed by atoms with E-state index in [1.165, 1.54) is 6.92 Å². The summed E-state index contributed by atoms with van der Waals surface area (Å²) in [6, 6.07) is 17.8. The molecule has 47 heavy (non-hydrogen) atoms. The largest absolute Gasteiger partial charge is 0.462 e. The predicted molar refractivity (Wildman–Crippen MR) is 184 cm³/mol. The highest BCUT2D eigenvalue weighted by molar-refractivity contribution is 5.77. The third-order valence-corrected chi connectivity index (χ3v) is 7.75. The molecule has 4 unspecified atom stereocenters. The van der Waals surface area contributed by atoms with Crippen molar-refractivity contribution in [3.63, 3.8) is 0 Å². The van der Waals surface area contributed by atoms with Crippen LogP contribution in [0.15, 0.2) is 73.3 Å². The fraction of sp³-hybridized carbons (Fsp3) is 0.487. The molecular weight excluding hydrogens is 596 g/mol. The molecule has 4 atom stereocenters. The van der Waals surface area contributed by atoms with E-state index >= 15 is 0 Å². The van der Waals surface area contributed by atoms with Crippen LogP contribution in [0.2, 0.25) is 0 Å². The highest BCUT2D eigenvalue weighted by atomic mass is 16.6. The molecule has 0 amide bonds. The number of esters is 3. The summed E-state index contributed by atoms with van der Waals surface area (Å²) in [4.78, 5) is 50.5. The van der Waals surface area contributed by atoms with Gasteiger partial charge in [0.25, 0.3) is 0 Å². The Morgan fingerprint density at radius 3 is 1.77 bits per heavy atom. The molecule has 0 aliphatic heterocycles. The van der Waals surface area contributed by atoms with Crippen LogP contribution in [0, 0.1) is 0 Å². The molecular formula is C39H52O8. The van der Waals surface area contributed by atoms with E-state index in [0.29, 0.717) is 32.1 Å². The molecule has 0 heterocycles. The second kappa shape index (κ2) is 22.5. The fourth-order valence-corrected chi connectivity index (χ4v) is 5.06. The zero-order valence-electron chi connectivity index (χ0n) is 28.5. The van der Waals surface area contributed by atoms with Crippen molar-refractivity contribution in [2.24, 2.45) is 0 Å². The Bertz CT molecular complexity index is 1270. The van der Waals surface area contributed by atoms with Gasteiger partial charge in [0.2, 0.25) is 0 Å². The average Bonchev–Trinajstić information content (AvgIpc) is 3.05. The predicted octanol–water partition coefficient (Wildman–Crippen LogP) is 7.56. The Hall–Kier alpha value is -4.04. The number of benzene rings is 2. The second-order valence-electron chi connectivity index (χ2n) is 11.7. The van der Waals surface area contributed by atoms with Crippen LogP contribution in [-0.2, 0) is 51.0 Å². The van der Waals surface area contributed by atoms with Gasteiger partial charge < -0.3 is 18.9 Å². The van der Waals surface area contributed by atoms with Gasteiger partial charge in [0.15, 0.2) is 0 Å². The highest BCUT2D eigenvalue weighted by Crippen LogP contribution is 2.18. The van der Waals surface area contributed by atoms with Gasteiger partial charge in [0.1, 0.15) is 24.1 Å².